The molecule has 0 amide bonds. The molecule has 180 valence electrons. The number of aromatic hydroxyl groups is 1. The second-order valence-electron chi connectivity index (χ2n) is 8.57. The highest BCUT2D eigenvalue weighted by molar-refractivity contribution is 6.05. The Morgan fingerprint density at radius 3 is 2.85 bits per heavy atom. The molecular formula is C26H31ClN4O3. The molecule has 0 spiro atoms. The number of fused-ring (bicyclic) bond motifs is 2. The van der Waals surface area contributed by atoms with Crippen LogP contribution in [0.15, 0.2) is 42.7 Å². The number of rotatable bonds is 8. The quantitative estimate of drug-likeness (QED) is 0.306. The van der Waals surface area contributed by atoms with Crippen molar-refractivity contribution in [3.8, 4) is 22.9 Å². The summed E-state index contributed by atoms with van der Waals surface area (Å²) >= 11 is 0. The topological polar surface area (TPSA) is 92.3 Å². The van der Waals surface area contributed by atoms with Gasteiger partial charge in [0, 0.05) is 35.4 Å². The van der Waals surface area contributed by atoms with Crippen molar-refractivity contribution in [2.24, 2.45) is 0 Å². The van der Waals surface area contributed by atoms with Crippen molar-refractivity contribution in [2.45, 2.75) is 38.7 Å². The van der Waals surface area contributed by atoms with Crippen molar-refractivity contribution in [1.82, 2.24) is 20.3 Å². The minimum atomic E-state index is 0. The maximum atomic E-state index is 10.7. The minimum Gasteiger partial charge on any atom is -0.494 e. The van der Waals surface area contributed by atoms with E-state index < -0.39 is 0 Å². The molecule has 34 heavy (non-hydrogen) atoms. The van der Waals surface area contributed by atoms with Crippen LogP contribution in [0, 0.1) is 0 Å². The largest absolute Gasteiger partial charge is 0.494 e. The first-order chi connectivity index (χ1) is 16.2. The molecule has 2 aromatic carbocycles. The fourth-order valence-corrected chi connectivity index (χ4v) is 4.55. The normalized spacial score (nSPS) is 16.0. The molecule has 5 rings (SSSR count). The summed E-state index contributed by atoms with van der Waals surface area (Å²) in [6.45, 7) is 5.42. The summed E-state index contributed by atoms with van der Waals surface area (Å²) in [6, 6.07) is 12.1. The molecule has 1 unspecified atom stereocenters. The van der Waals surface area contributed by atoms with Crippen LogP contribution in [-0.4, -0.2) is 52.5 Å². The van der Waals surface area contributed by atoms with Crippen molar-refractivity contribution in [2.75, 3.05) is 26.3 Å². The third kappa shape index (κ3) is 5.12. The van der Waals surface area contributed by atoms with Gasteiger partial charge in [-0.2, -0.15) is 0 Å². The molecule has 3 heterocycles. The van der Waals surface area contributed by atoms with Gasteiger partial charge in [-0.1, -0.05) is 25.5 Å². The lowest BCUT2D eigenvalue weighted by atomic mass is 10.0. The molecule has 8 heteroatoms. The van der Waals surface area contributed by atoms with E-state index in [0.29, 0.717) is 17.9 Å². The van der Waals surface area contributed by atoms with Gasteiger partial charge in [-0.15, -0.1) is 12.4 Å². The van der Waals surface area contributed by atoms with E-state index in [2.05, 4.69) is 45.4 Å². The lowest BCUT2D eigenvalue weighted by Crippen LogP contribution is -2.38. The van der Waals surface area contributed by atoms with Crippen LogP contribution in [0.3, 0.4) is 0 Å². The molecule has 1 fully saturated rings. The zero-order chi connectivity index (χ0) is 22.6. The fourth-order valence-electron chi connectivity index (χ4n) is 4.55. The molecule has 0 radical (unpaired) electrons. The van der Waals surface area contributed by atoms with Crippen LogP contribution in [0.5, 0.6) is 11.6 Å². The van der Waals surface area contributed by atoms with Crippen LogP contribution in [0.25, 0.3) is 33.1 Å². The molecule has 1 atom stereocenters. The fraction of sp³-hybridized carbons (Fsp3) is 0.385. The van der Waals surface area contributed by atoms with Gasteiger partial charge < -0.3 is 24.9 Å². The van der Waals surface area contributed by atoms with Crippen LogP contribution >= 0.6 is 12.4 Å². The molecule has 3 N–H and O–H groups in total. The van der Waals surface area contributed by atoms with Gasteiger partial charge in [0.2, 0.25) is 0 Å². The second-order valence-corrected chi connectivity index (χ2v) is 8.57. The Kier molecular flexibility index (Phi) is 7.88. The van der Waals surface area contributed by atoms with E-state index in [0.717, 1.165) is 72.9 Å². The summed E-state index contributed by atoms with van der Waals surface area (Å²) in [5.41, 5.74) is 4.36. The molecule has 0 aliphatic carbocycles. The molecule has 4 aromatic rings. The average molecular weight is 483 g/mol. The number of H-pyrrole nitrogens is 1. The molecule has 7 nitrogen and oxygen atoms in total. The molecule has 0 bridgehead atoms. The number of ether oxygens (including phenoxy) is 2. The molecular weight excluding hydrogens is 452 g/mol. The van der Waals surface area contributed by atoms with E-state index in [9.17, 15) is 5.11 Å². The third-order valence-electron chi connectivity index (χ3n) is 6.17. The average Bonchev–Trinajstić information content (AvgIpc) is 3.17. The third-order valence-corrected chi connectivity index (χ3v) is 6.17. The van der Waals surface area contributed by atoms with E-state index in [-0.39, 0.29) is 24.4 Å². The van der Waals surface area contributed by atoms with E-state index >= 15 is 0 Å². The van der Waals surface area contributed by atoms with E-state index in [1.165, 1.54) is 5.56 Å². The predicted octanol–water partition coefficient (Wildman–Crippen LogP) is 5.01. The summed E-state index contributed by atoms with van der Waals surface area (Å²) in [7, 11) is 0. The SMILES string of the molecule is CCCc1ccc2c(-c3ncnc4cc(OCCCC5CNCCO5)ccc34)c(O)[nH]c2c1.Cl. The monoisotopic (exact) mass is 482 g/mol. The van der Waals surface area contributed by atoms with Gasteiger partial charge in [-0.3, -0.25) is 0 Å². The van der Waals surface area contributed by atoms with Gasteiger partial charge in [-0.05, 0) is 43.0 Å². The number of aromatic amines is 1. The highest BCUT2D eigenvalue weighted by Gasteiger charge is 2.18. The first-order valence-corrected chi connectivity index (χ1v) is 11.8. The van der Waals surface area contributed by atoms with Crippen molar-refractivity contribution >= 4 is 34.2 Å². The summed E-state index contributed by atoms with van der Waals surface area (Å²) in [6.07, 6.45) is 5.82. The van der Waals surface area contributed by atoms with Gasteiger partial charge in [0.1, 0.15) is 12.1 Å². The zero-order valence-electron chi connectivity index (χ0n) is 19.3. The number of nitrogens with zero attached hydrogens (tertiary/aromatic N) is 2. The standard InChI is InChI=1S/C26H30N4O3.ClH/c1-2-4-17-6-8-20-23(13-17)30-26(31)24(20)25-21-9-7-18(14-22(21)28-16-29-25)32-11-3-5-19-15-27-10-12-33-19;/h6-9,13-14,16,19,27,30-31H,2-5,10-12,15H2,1H3;1H. The first kappa shape index (κ1) is 24.3. The van der Waals surface area contributed by atoms with Crippen molar-refractivity contribution in [3.05, 3.63) is 48.3 Å². The number of nitrogens with one attached hydrogen (secondary N) is 2. The van der Waals surface area contributed by atoms with Crippen LogP contribution in [0.2, 0.25) is 0 Å². The van der Waals surface area contributed by atoms with Crippen LogP contribution in [0.1, 0.15) is 31.7 Å². The number of halogens is 1. The van der Waals surface area contributed by atoms with Crippen LogP contribution in [-0.2, 0) is 11.2 Å². The van der Waals surface area contributed by atoms with Crippen LogP contribution in [0.4, 0.5) is 0 Å². The first-order valence-electron chi connectivity index (χ1n) is 11.8. The lowest BCUT2D eigenvalue weighted by molar-refractivity contribution is 0.0204. The van der Waals surface area contributed by atoms with Gasteiger partial charge in [0.05, 0.1) is 36.1 Å². The van der Waals surface area contributed by atoms with Gasteiger partial charge in [0.25, 0.3) is 0 Å². The Morgan fingerprint density at radius 2 is 2.03 bits per heavy atom. The lowest BCUT2D eigenvalue weighted by Gasteiger charge is -2.23. The van der Waals surface area contributed by atoms with Crippen molar-refractivity contribution in [1.29, 1.82) is 0 Å². The molecule has 0 saturated carbocycles. The molecule has 1 aliphatic heterocycles. The molecule has 1 saturated heterocycles. The highest BCUT2D eigenvalue weighted by Crippen LogP contribution is 2.39. The zero-order valence-corrected chi connectivity index (χ0v) is 20.2. The van der Waals surface area contributed by atoms with Gasteiger partial charge in [0.15, 0.2) is 5.88 Å². The van der Waals surface area contributed by atoms with Gasteiger partial charge in [-0.25, -0.2) is 9.97 Å². The number of hydrogen-bond acceptors (Lipinski definition) is 6. The minimum absolute atomic E-state index is 0. The predicted molar refractivity (Wildman–Crippen MR) is 137 cm³/mol. The number of hydrogen-bond donors (Lipinski definition) is 3. The summed E-state index contributed by atoms with van der Waals surface area (Å²) in [5, 5.41) is 15.9. The Bertz CT molecular complexity index is 1250. The Labute approximate surface area is 205 Å². The molecule has 1 aliphatic rings. The Hall–Kier alpha value is -2.87. The molecule has 2 aromatic heterocycles. The number of aromatic nitrogens is 3. The second kappa shape index (κ2) is 11.0. The van der Waals surface area contributed by atoms with Crippen LogP contribution < -0.4 is 10.1 Å². The van der Waals surface area contributed by atoms with E-state index in [4.69, 9.17) is 9.47 Å². The number of aryl methyl sites for hydroxylation is 1. The Balaban J connectivity index is 0.00000274. The smallest absolute Gasteiger partial charge is 0.199 e. The van der Waals surface area contributed by atoms with Crippen molar-refractivity contribution in [3.63, 3.8) is 0 Å². The summed E-state index contributed by atoms with van der Waals surface area (Å²) in [4.78, 5) is 12.1. The summed E-state index contributed by atoms with van der Waals surface area (Å²) in [5.74, 6) is 0.903. The van der Waals surface area contributed by atoms with E-state index in [1.807, 2.05) is 18.2 Å². The Morgan fingerprint density at radius 1 is 1.15 bits per heavy atom. The van der Waals surface area contributed by atoms with Gasteiger partial charge >= 0.3 is 0 Å². The maximum Gasteiger partial charge on any atom is 0.199 e. The van der Waals surface area contributed by atoms with Crippen molar-refractivity contribution < 1.29 is 14.6 Å². The summed E-state index contributed by atoms with van der Waals surface area (Å²) < 4.78 is 11.7. The highest BCUT2D eigenvalue weighted by atomic mass is 35.5. The maximum absolute atomic E-state index is 10.7. The number of morpholine rings is 1. The number of benzene rings is 2. The van der Waals surface area contributed by atoms with E-state index in [1.54, 1.807) is 6.33 Å².